The minimum absolute atomic E-state index is 0.0143. The van der Waals surface area contributed by atoms with Crippen molar-refractivity contribution in [1.82, 2.24) is 14.1 Å². The smallest absolute Gasteiger partial charge is 0.334 e. The van der Waals surface area contributed by atoms with E-state index in [2.05, 4.69) is 0 Å². The summed E-state index contributed by atoms with van der Waals surface area (Å²) in [5.74, 6) is -1.09. The zero-order valence-electron chi connectivity index (χ0n) is 11.8. The number of aliphatic carboxylic acids is 1. The molecule has 2 aliphatic heterocycles. The highest BCUT2D eigenvalue weighted by Crippen LogP contribution is 2.12. The Bertz CT molecular complexity index is 514. The predicted molar refractivity (Wildman–Crippen MR) is 72.3 cm³/mol. The first kappa shape index (κ1) is 16.0. The van der Waals surface area contributed by atoms with Crippen molar-refractivity contribution in [2.75, 3.05) is 52.1 Å². The maximum atomic E-state index is 12.3. The third-order valence-corrected chi connectivity index (χ3v) is 4.89. The van der Waals surface area contributed by atoms with Crippen molar-refractivity contribution in [3.8, 4) is 0 Å². The average Bonchev–Trinajstić information content (AvgIpc) is 2.46. The molecule has 0 aliphatic carbocycles. The lowest BCUT2D eigenvalue weighted by Crippen LogP contribution is -2.57. The minimum atomic E-state index is -3.24. The number of urea groups is 1. The number of hydrogen-bond acceptors (Lipinski definition) is 5. The summed E-state index contributed by atoms with van der Waals surface area (Å²) in [6.45, 7) is 1.68. The molecule has 2 saturated heterocycles. The van der Waals surface area contributed by atoms with E-state index in [-0.39, 0.29) is 32.3 Å². The van der Waals surface area contributed by atoms with Crippen molar-refractivity contribution in [3.05, 3.63) is 0 Å². The van der Waals surface area contributed by atoms with Gasteiger partial charge in [0.15, 0.2) is 6.10 Å². The van der Waals surface area contributed by atoms with Crippen LogP contribution in [0.15, 0.2) is 0 Å². The summed E-state index contributed by atoms with van der Waals surface area (Å²) in [5.41, 5.74) is 0. The highest BCUT2D eigenvalue weighted by molar-refractivity contribution is 7.88. The van der Waals surface area contributed by atoms with Gasteiger partial charge >= 0.3 is 12.0 Å². The lowest BCUT2D eigenvalue weighted by atomic mass is 10.3. The second kappa shape index (κ2) is 6.16. The summed E-state index contributed by atoms with van der Waals surface area (Å²) in [7, 11) is -3.24. The minimum Gasteiger partial charge on any atom is -0.479 e. The molecule has 1 atom stereocenters. The van der Waals surface area contributed by atoms with Gasteiger partial charge in [-0.25, -0.2) is 18.0 Å². The molecule has 1 N–H and O–H groups in total. The Hall–Kier alpha value is -1.39. The number of carbonyl (C=O) groups is 2. The molecule has 0 bridgehead atoms. The van der Waals surface area contributed by atoms with Crippen LogP contribution in [0, 0.1) is 0 Å². The number of morpholine rings is 1. The molecule has 120 valence electrons. The van der Waals surface area contributed by atoms with E-state index in [0.717, 1.165) is 6.26 Å². The number of nitrogens with zero attached hydrogens (tertiary/aromatic N) is 3. The first-order valence-electron chi connectivity index (χ1n) is 6.62. The second-order valence-electron chi connectivity index (χ2n) is 5.08. The van der Waals surface area contributed by atoms with E-state index in [1.807, 2.05) is 0 Å². The first-order valence-corrected chi connectivity index (χ1v) is 8.47. The largest absolute Gasteiger partial charge is 0.479 e. The maximum Gasteiger partial charge on any atom is 0.334 e. The molecular weight excluding hydrogens is 302 g/mol. The maximum absolute atomic E-state index is 12.3. The summed E-state index contributed by atoms with van der Waals surface area (Å²) >= 11 is 0. The van der Waals surface area contributed by atoms with E-state index in [1.54, 1.807) is 4.90 Å². The molecule has 0 spiro atoms. The fourth-order valence-electron chi connectivity index (χ4n) is 2.38. The zero-order valence-corrected chi connectivity index (χ0v) is 12.6. The zero-order chi connectivity index (χ0) is 15.6. The molecular formula is C11H19N3O6S. The van der Waals surface area contributed by atoms with Crippen LogP contribution in [0.25, 0.3) is 0 Å². The normalized spacial score (nSPS) is 24.9. The highest BCUT2D eigenvalue weighted by atomic mass is 32.2. The Morgan fingerprint density at radius 2 is 1.71 bits per heavy atom. The molecule has 2 fully saturated rings. The van der Waals surface area contributed by atoms with E-state index in [0.29, 0.717) is 19.6 Å². The van der Waals surface area contributed by atoms with Crippen molar-refractivity contribution >= 4 is 22.0 Å². The number of rotatable bonds is 2. The van der Waals surface area contributed by atoms with Crippen molar-refractivity contribution in [1.29, 1.82) is 0 Å². The van der Waals surface area contributed by atoms with Crippen LogP contribution in [0.3, 0.4) is 0 Å². The molecule has 10 heteroatoms. The van der Waals surface area contributed by atoms with Crippen molar-refractivity contribution in [2.24, 2.45) is 0 Å². The number of hydrogen-bond donors (Lipinski definition) is 1. The standard InChI is InChI=1S/C11H19N3O6S/c1-21(18,19)14-4-2-12(3-5-14)11(17)13-6-7-20-9(8-13)10(15)16/h9H,2-8H2,1H3,(H,15,16). The quantitative estimate of drug-likeness (QED) is 0.661. The van der Waals surface area contributed by atoms with Gasteiger partial charge in [0.25, 0.3) is 0 Å². The summed E-state index contributed by atoms with van der Waals surface area (Å²) in [4.78, 5) is 26.2. The van der Waals surface area contributed by atoms with Gasteiger partial charge in [-0.05, 0) is 0 Å². The van der Waals surface area contributed by atoms with Crippen molar-refractivity contribution in [3.63, 3.8) is 0 Å². The monoisotopic (exact) mass is 321 g/mol. The fraction of sp³-hybridized carbons (Fsp3) is 0.818. The van der Waals surface area contributed by atoms with Gasteiger partial charge in [-0.1, -0.05) is 0 Å². The number of carbonyl (C=O) groups excluding carboxylic acids is 1. The fourth-order valence-corrected chi connectivity index (χ4v) is 3.21. The average molecular weight is 321 g/mol. The summed E-state index contributed by atoms with van der Waals surface area (Å²) < 4.78 is 29.2. The lowest BCUT2D eigenvalue weighted by Gasteiger charge is -2.38. The molecule has 0 radical (unpaired) electrons. The Kier molecular flexibility index (Phi) is 4.69. The van der Waals surface area contributed by atoms with Crippen LogP contribution in [-0.4, -0.2) is 97.9 Å². The number of carboxylic acid groups (broad SMARTS) is 1. The molecule has 2 aliphatic rings. The molecule has 2 amide bonds. The van der Waals surface area contributed by atoms with E-state index >= 15 is 0 Å². The van der Waals surface area contributed by atoms with E-state index in [9.17, 15) is 18.0 Å². The Balaban J connectivity index is 1.91. The molecule has 0 aromatic carbocycles. The third-order valence-electron chi connectivity index (χ3n) is 3.59. The van der Waals surface area contributed by atoms with Crippen LogP contribution in [0.5, 0.6) is 0 Å². The van der Waals surface area contributed by atoms with Gasteiger partial charge in [0.05, 0.1) is 19.4 Å². The van der Waals surface area contributed by atoms with Crippen LogP contribution in [0.2, 0.25) is 0 Å². The van der Waals surface area contributed by atoms with Crippen molar-refractivity contribution < 1.29 is 27.9 Å². The topological polar surface area (TPSA) is 107 Å². The number of piperazine rings is 1. The Morgan fingerprint density at radius 1 is 1.10 bits per heavy atom. The third kappa shape index (κ3) is 3.83. The predicted octanol–water partition coefficient (Wildman–Crippen LogP) is -1.53. The van der Waals surface area contributed by atoms with Crippen molar-refractivity contribution in [2.45, 2.75) is 6.10 Å². The highest BCUT2D eigenvalue weighted by Gasteiger charge is 2.33. The van der Waals surface area contributed by atoms with Gasteiger partial charge in [0.1, 0.15) is 0 Å². The van der Waals surface area contributed by atoms with Crippen LogP contribution in [0.1, 0.15) is 0 Å². The number of carboxylic acids is 1. The molecule has 21 heavy (non-hydrogen) atoms. The van der Waals surface area contributed by atoms with E-state index in [1.165, 1.54) is 9.21 Å². The molecule has 2 rings (SSSR count). The van der Waals surface area contributed by atoms with Gasteiger partial charge in [0.2, 0.25) is 10.0 Å². The van der Waals surface area contributed by atoms with Gasteiger partial charge < -0.3 is 19.6 Å². The number of sulfonamides is 1. The SMILES string of the molecule is CS(=O)(=O)N1CCN(C(=O)N2CCOC(C(=O)O)C2)CC1. The second-order valence-corrected chi connectivity index (χ2v) is 7.06. The van der Waals surface area contributed by atoms with Gasteiger partial charge in [0, 0.05) is 32.7 Å². The van der Waals surface area contributed by atoms with E-state index in [4.69, 9.17) is 9.84 Å². The number of ether oxygens (including phenoxy) is 1. The first-order chi connectivity index (χ1) is 9.79. The van der Waals surface area contributed by atoms with Gasteiger partial charge in [-0.2, -0.15) is 4.31 Å². The Labute approximate surface area is 123 Å². The van der Waals surface area contributed by atoms with Crippen LogP contribution >= 0.6 is 0 Å². The lowest BCUT2D eigenvalue weighted by molar-refractivity contribution is -0.154. The molecule has 9 nitrogen and oxygen atoms in total. The molecule has 1 unspecified atom stereocenters. The number of amides is 2. The Morgan fingerprint density at radius 3 is 2.24 bits per heavy atom. The molecule has 0 saturated carbocycles. The summed E-state index contributed by atoms with van der Waals surface area (Å²) in [5, 5.41) is 8.92. The molecule has 2 heterocycles. The molecule has 0 aromatic heterocycles. The summed E-state index contributed by atoms with van der Waals surface area (Å²) in [6.07, 6.45) is 0.143. The van der Waals surface area contributed by atoms with Gasteiger partial charge in [-0.3, -0.25) is 0 Å². The van der Waals surface area contributed by atoms with Crippen LogP contribution in [0.4, 0.5) is 4.79 Å². The van der Waals surface area contributed by atoms with Gasteiger partial charge in [-0.15, -0.1) is 0 Å². The van der Waals surface area contributed by atoms with Crippen LogP contribution < -0.4 is 0 Å². The van der Waals surface area contributed by atoms with E-state index < -0.39 is 22.1 Å². The van der Waals surface area contributed by atoms with Crippen LogP contribution in [-0.2, 0) is 19.6 Å². The summed E-state index contributed by atoms with van der Waals surface area (Å²) in [6, 6.07) is -0.266. The molecule has 0 aromatic rings.